The SMILES string of the molecule is COCCNC(=O)CSc1ccccc1-c1nc(C2(N)CCCC2)no1.Cl. The summed E-state index contributed by atoms with van der Waals surface area (Å²) in [6.45, 7) is 1.00. The number of nitrogens with one attached hydrogen (secondary N) is 1. The number of halogens is 1. The molecule has 0 aliphatic heterocycles. The first-order valence-electron chi connectivity index (χ1n) is 8.73. The van der Waals surface area contributed by atoms with Crippen molar-refractivity contribution in [1.82, 2.24) is 15.5 Å². The van der Waals surface area contributed by atoms with Gasteiger partial charge in [0.25, 0.3) is 5.89 Å². The standard InChI is InChI=1S/C18H24N4O3S.ClH/c1-24-11-10-20-15(23)12-26-14-7-3-2-6-13(14)16-21-17(22-25-16)18(19)8-4-5-9-18;/h2-3,6-7H,4-5,8-12,19H2,1H3,(H,20,23);1H. The van der Waals surface area contributed by atoms with Crippen LogP contribution in [0.1, 0.15) is 31.5 Å². The van der Waals surface area contributed by atoms with Crippen LogP contribution in [0.15, 0.2) is 33.7 Å². The predicted octanol–water partition coefficient (Wildman–Crippen LogP) is 2.74. The Morgan fingerprint density at radius 3 is 2.85 bits per heavy atom. The molecule has 2 aromatic rings. The summed E-state index contributed by atoms with van der Waals surface area (Å²) < 4.78 is 10.4. The maximum atomic E-state index is 11.9. The van der Waals surface area contributed by atoms with Crippen LogP contribution < -0.4 is 11.1 Å². The molecule has 0 spiro atoms. The highest BCUT2D eigenvalue weighted by Gasteiger charge is 2.36. The van der Waals surface area contributed by atoms with Gasteiger partial charge in [-0.3, -0.25) is 4.79 Å². The second-order valence-corrected chi connectivity index (χ2v) is 7.43. The lowest BCUT2D eigenvalue weighted by Crippen LogP contribution is -2.34. The van der Waals surface area contributed by atoms with E-state index in [0.717, 1.165) is 36.1 Å². The molecule has 148 valence electrons. The van der Waals surface area contributed by atoms with Gasteiger partial charge in [-0.05, 0) is 25.0 Å². The van der Waals surface area contributed by atoms with Crippen LogP contribution in [-0.4, -0.2) is 42.1 Å². The summed E-state index contributed by atoms with van der Waals surface area (Å²) in [7, 11) is 1.60. The molecule has 1 aliphatic carbocycles. The third-order valence-corrected chi connectivity index (χ3v) is 5.55. The molecule has 1 aliphatic rings. The number of aromatic nitrogens is 2. The molecule has 0 bridgehead atoms. The Kier molecular flexibility index (Phi) is 8.09. The first-order chi connectivity index (χ1) is 12.6. The molecule has 7 nitrogen and oxygen atoms in total. The van der Waals surface area contributed by atoms with E-state index < -0.39 is 5.54 Å². The zero-order valence-electron chi connectivity index (χ0n) is 15.3. The number of nitrogens with two attached hydrogens (primary N) is 1. The van der Waals surface area contributed by atoms with Crippen molar-refractivity contribution in [1.29, 1.82) is 0 Å². The third kappa shape index (κ3) is 5.44. The zero-order chi connectivity index (χ0) is 18.4. The molecule has 1 fully saturated rings. The minimum absolute atomic E-state index is 0. The molecule has 1 aromatic heterocycles. The molecular weight excluding hydrogens is 388 g/mol. The second kappa shape index (κ2) is 10.1. The smallest absolute Gasteiger partial charge is 0.259 e. The summed E-state index contributed by atoms with van der Waals surface area (Å²) >= 11 is 1.44. The van der Waals surface area contributed by atoms with Gasteiger partial charge in [-0.1, -0.05) is 30.1 Å². The highest BCUT2D eigenvalue weighted by molar-refractivity contribution is 8.00. The molecule has 0 saturated heterocycles. The predicted molar refractivity (Wildman–Crippen MR) is 107 cm³/mol. The monoisotopic (exact) mass is 412 g/mol. The van der Waals surface area contributed by atoms with Crippen molar-refractivity contribution >= 4 is 30.1 Å². The third-order valence-electron chi connectivity index (χ3n) is 4.47. The first-order valence-corrected chi connectivity index (χ1v) is 9.72. The number of benzene rings is 1. The van der Waals surface area contributed by atoms with Gasteiger partial charge in [-0.25, -0.2) is 0 Å². The van der Waals surface area contributed by atoms with Crippen LogP contribution in [0.25, 0.3) is 11.5 Å². The number of amides is 1. The van der Waals surface area contributed by atoms with Crippen molar-refractivity contribution in [2.45, 2.75) is 36.1 Å². The maximum Gasteiger partial charge on any atom is 0.259 e. The van der Waals surface area contributed by atoms with Crippen LogP contribution >= 0.6 is 24.2 Å². The Morgan fingerprint density at radius 2 is 2.11 bits per heavy atom. The molecule has 9 heteroatoms. The van der Waals surface area contributed by atoms with Gasteiger partial charge >= 0.3 is 0 Å². The number of rotatable bonds is 8. The Morgan fingerprint density at radius 1 is 1.37 bits per heavy atom. The van der Waals surface area contributed by atoms with E-state index >= 15 is 0 Å². The lowest BCUT2D eigenvalue weighted by atomic mass is 9.99. The molecule has 1 saturated carbocycles. The zero-order valence-corrected chi connectivity index (χ0v) is 16.9. The van der Waals surface area contributed by atoms with Crippen molar-refractivity contribution in [2.24, 2.45) is 5.73 Å². The highest BCUT2D eigenvalue weighted by Crippen LogP contribution is 2.36. The van der Waals surface area contributed by atoms with Crippen molar-refractivity contribution in [3.8, 4) is 11.5 Å². The number of hydrogen-bond donors (Lipinski definition) is 2. The van der Waals surface area contributed by atoms with Crippen LogP contribution in [-0.2, 0) is 15.1 Å². The molecule has 1 aromatic carbocycles. The van der Waals surface area contributed by atoms with Gasteiger partial charge in [0.1, 0.15) is 0 Å². The number of methoxy groups -OCH3 is 1. The Hall–Kier alpha value is -1.61. The van der Waals surface area contributed by atoms with Gasteiger partial charge in [-0.2, -0.15) is 4.98 Å². The number of nitrogens with zero attached hydrogens (tertiary/aromatic N) is 2. The number of hydrogen-bond acceptors (Lipinski definition) is 7. The van der Waals surface area contributed by atoms with Crippen LogP contribution in [0.4, 0.5) is 0 Å². The summed E-state index contributed by atoms with van der Waals surface area (Å²) in [6, 6.07) is 7.70. The molecular formula is C18H25ClN4O3S. The minimum Gasteiger partial charge on any atom is -0.383 e. The molecule has 3 rings (SSSR count). The van der Waals surface area contributed by atoms with Crippen molar-refractivity contribution in [3.63, 3.8) is 0 Å². The van der Waals surface area contributed by atoms with E-state index in [2.05, 4.69) is 15.5 Å². The van der Waals surface area contributed by atoms with Gasteiger partial charge < -0.3 is 20.3 Å². The van der Waals surface area contributed by atoms with Crippen molar-refractivity contribution < 1.29 is 14.1 Å². The number of ether oxygens (including phenoxy) is 1. The molecule has 1 heterocycles. The van der Waals surface area contributed by atoms with Gasteiger partial charge in [-0.15, -0.1) is 24.2 Å². The molecule has 0 unspecified atom stereocenters. The average Bonchev–Trinajstić information content (AvgIpc) is 3.31. The molecule has 1 amide bonds. The lowest BCUT2D eigenvalue weighted by Gasteiger charge is -2.17. The first kappa shape index (κ1) is 21.7. The van der Waals surface area contributed by atoms with Crippen LogP contribution in [0.3, 0.4) is 0 Å². The van der Waals surface area contributed by atoms with E-state index in [4.69, 9.17) is 15.0 Å². The minimum atomic E-state index is -0.481. The van der Waals surface area contributed by atoms with E-state index in [1.54, 1.807) is 7.11 Å². The Bertz CT molecular complexity index is 750. The summed E-state index contributed by atoms with van der Waals surface area (Å²) in [5, 5.41) is 6.93. The van der Waals surface area contributed by atoms with Gasteiger partial charge in [0.15, 0.2) is 5.82 Å². The quantitative estimate of drug-likeness (QED) is 0.507. The number of carbonyl (C=O) groups is 1. The van der Waals surface area contributed by atoms with Gasteiger partial charge in [0, 0.05) is 18.6 Å². The molecule has 3 N–H and O–H groups in total. The van der Waals surface area contributed by atoms with E-state index in [1.807, 2.05) is 24.3 Å². The van der Waals surface area contributed by atoms with E-state index in [1.165, 1.54) is 11.8 Å². The average molecular weight is 413 g/mol. The lowest BCUT2D eigenvalue weighted by molar-refractivity contribution is -0.118. The molecule has 27 heavy (non-hydrogen) atoms. The maximum absolute atomic E-state index is 11.9. The second-order valence-electron chi connectivity index (χ2n) is 6.41. The van der Waals surface area contributed by atoms with Crippen molar-refractivity contribution in [2.75, 3.05) is 26.0 Å². The van der Waals surface area contributed by atoms with E-state index in [-0.39, 0.29) is 18.3 Å². The van der Waals surface area contributed by atoms with Gasteiger partial charge in [0.05, 0.1) is 23.5 Å². The van der Waals surface area contributed by atoms with Crippen molar-refractivity contribution in [3.05, 3.63) is 30.1 Å². The molecule has 0 radical (unpaired) electrons. The fraction of sp³-hybridized carbons (Fsp3) is 0.500. The normalized spacial score (nSPS) is 15.3. The van der Waals surface area contributed by atoms with Gasteiger partial charge in [0.2, 0.25) is 5.91 Å². The summed E-state index contributed by atoms with van der Waals surface area (Å²) in [5.41, 5.74) is 6.75. The fourth-order valence-electron chi connectivity index (χ4n) is 3.02. The van der Waals surface area contributed by atoms with E-state index in [0.29, 0.717) is 30.6 Å². The van der Waals surface area contributed by atoms with Crippen LogP contribution in [0.2, 0.25) is 0 Å². The summed E-state index contributed by atoms with van der Waals surface area (Å²) in [4.78, 5) is 17.4. The Balaban J connectivity index is 0.00000261. The summed E-state index contributed by atoms with van der Waals surface area (Å²) in [5.74, 6) is 1.28. The fourth-order valence-corrected chi connectivity index (χ4v) is 3.89. The number of thioether (sulfide) groups is 1. The van der Waals surface area contributed by atoms with Crippen LogP contribution in [0.5, 0.6) is 0 Å². The van der Waals surface area contributed by atoms with Crippen LogP contribution in [0, 0.1) is 0 Å². The molecule has 0 atom stereocenters. The largest absolute Gasteiger partial charge is 0.383 e. The highest BCUT2D eigenvalue weighted by atomic mass is 35.5. The topological polar surface area (TPSA) is 103 Å². The number of carbonyl (C=O) groups excluding carboxylic acids is 1. The summed E-state index contributed by atoms with van der Waals surface area (Å²) in [6.07, 6.45) is 3.93. The van der Waals surface area contributed by atoms with E-state index in [9.17, 15) is 4.79 Å². The Labute approximate surface area is 169 Å².